The van der Waals surface area contributed by atoms with E-state index in [1.165, 1.54) is 25.2 Å². The summed E-state index contributed by atoms with van der Waals surface area (Å²) in [5.41, 5.74) is -0.675. The first kappa shape index (κ1) is 20.4. The molecule has 1 aliphatic rings. The van der Waals surface area contributed by atoms with Gasteiger partial charge in [-0.05, 0) is 30.7 Å². The van der Waals surface area contributed by atoms with Crippen LogP contribution < -0.4 is 14.4 Å². The molecule has 0 bridgehead atoms. The number of carbonyl (C=O) groups excluding carboxylic acids is 2. The summed E-state index contributed by atoms with van der Waals surface area (Å²) in [6, 6.07) is 13.6. The Morgan fingerprint density at radius 2 is 1.90 bits per heavy atom. The Bertz CT molecular complexity index is 981. The normalized spacial score (nSPS) is 17.6. The van der Waals surface area contributed by atoms with E-state index < -0.39 is 23.7 Å². The number of rotatable bonds is 8. The van der Waals surface area contributed by atoms with Gasteiger partial charge in [0.05, 0.1) is 32.4 Å². The molecule has 1 amide bonds. The summed E-state index contributed by atoms with van der Waals surface area (Å²) in [5.74, 6) is -0.0729. The Labute approximate surface area is 169 Å². The zero-order chi connectivity index (χ0) is 21.0. The summed E-state index contributed by atoms with van der Waals surface area (Å²) in [7, 11) is 2.96. The van der Waals surface area contributed by atoms with Gasteiger partial charge in [-0.15, -0.1) is 0 Å². The summed E-state index contributed by atoms with van der Waals surface area (Å²) in [6.45, 7) is 0.302. The number of carbonyl (C=O) groups is 2. The third-order valence-corrected chi connectivity index (χ3v) is 5.03. The number of fused-ring (bicyclic) bond motifs is 1. The molecule has 1 heterocycles. The first-order valence-corrected chi connectivity index (χ1v) is 9.22. The maximum atomic E-state index is 13.1. The topological polar surface area (TPSA) is 99.9 Å². The van der Waals surface area contributed by atoms with Crippen LogP contribution in [0.1, 0.15) is 35.2 Å². The molecular weight excluding hydrogens is 372 g/mol. The third-order valence-electron chi connectivity index (χ3n) is 5.03. The number of aliphatic hydroxyl groups is 1. The van der Waals surface area contributed by atoms with Gasteiger partial charge in [-0.1, -0.05) is 18.2 Å². The standard InChI is InChI=1S/C22H22N2O5/c1-28-19-10-9-15(13-20(19)29-2)18(25)14-22(27)16-7-3-4-8-17(16)24(21(22)26)12-6-5-11-23/h3-4,7-10,13,27H,5-6,12,14H2,1-2H3. The average molecular weight is 394 g/mol. The molecule has 0 spiro atoms. The SMILES string of the molecule is COc1ccc(C(=O)CC2(O)C(=O)N(CCCC#N)c3ccccc32)cc1OC. The zero-order valence-electron chi connectivity index (χ0n) is 16.3. The summed E-state index contributed by atoms with van der Waals surface area (Å²) in [5, 5.41) is 20.0. The maximum Gasteiger partial charge on any atom is 0.264 e. The molecule has 0 aromatic heterocycles. The molecule has 1 atom stereocenters. The second kappa shape index (κ2) is 8.33. The minimum Gasteiger partial charge on any atom is -0.493 e. The van der Waals surface area contributed by atoms with Crippen LogP contribution in [0.4, 0.5) is 5.69 Å². The van der Waals surface area contributed by atoms with Crippen LogP contribution in [0.2, 0.25) is 0 Å². The van der Waals surface area contributed by atoms with Crippen LogP contribution in [0.3, 0.4) is 0 Å². The number of methoxy groups -OCH3 is 2. The van der Waals surface area contributed by atoms with E-state index in [4.69, 9.17) is 14.7 Å². The minimum absolute atomic E-state index is 0.301. The molecule has 1 aliphatic heterocycles. The van der Waals surface area contributed by atoms with Crippen molar-refractivity contribution in [1.29, 1.82) is 5.26 Å². The number of ether oxygens (including phenoxy) is 2. The van der Waals surface area contributed by atoms with Crippen molar-refractivity contribution in [3.63, 3.8) is 0 Å². The van der Waals surface area contributed by atoms with Crippen molar-refractivity contribution in [3.05, 3.63) is 53.6 Å². The van der Waals surface area contributed by atoms with Gasteiger partial charge in [0.2, 0.25) is 0 Å². The lowest BCUT2D eigenvalue weighted by Crippen LogP contribution is -2.42. The number of ketones is 1. The fraction of sp³-hybridized carbons (Fsp3) is 0.318. The Morgan fingerprint density at radius 3 is 2.59 bits per heavy atom. The summed E-state index contributed by atoms with van der Waals surface area (Å²) in [6.07, 6.45) is 0.387. The Hall–Kier alpha value is -3.37. The number of unbranched alkanes of at least 4 members (excludes halogenated alkanes) is 1. The molecule has 0 radical (unpaired) electrons. The van der Waals surface area contributed by atoms with Crippen LogP contribution in [0, 0.1) is 11.3 Å². The molecule has 0 fully saturated rings. The molecule has 2 aromatic carbocycles. The lowest BCUT2D eigenvalue weighted by molar-refractivity contribution is -0.135. The van der Waals surface area contributed by atoms with Crippen molar-refractivity contribution in [2.75, 3.05) is 25.7 Å². The third kappa shape index (κ3) is 3.67. The van der Waals surface area contributed by atoms with Gasteiger partial charge in [-0.25, -0.2) is 0 Å². The molecule has 29 heavy (non-hydrogen) atoms. The van der Waals surface area contributed by atoms with E-state index in [1.54, 1.807) is 36.4 Å². The van der Waals surface area contributed by atoms with Crippen molar-refractivity contribution < 1.29 is 24.2 Å². The van der Waals surface area contributed by atoms with E-state index >= 15 is 0 Å². The number of hydrogen-bond acceptors (Lipinski definition) is 6. The fourth-order valence-electron chi connectivity index (χ4n) is 3.56. The number of amides is 1. The highest BCUT2D eigenvalue weighted by molar-refractivity contribution is 6.10. The van der Waals surface area contributed by atoms with Crippen molar-refractivity contribution in [2.24, 2.45) is 0 Å². The highest BCUT2D eigenvalue weighted by Crippen LogP contribution is 2.43. The monoisotopic (exact) mass is 394 g/mol. The predicted octanol–water partition coefficient (Wildman–Crippen LogP) is 2.81. The average Bonchev–Trinajstić information content (AvgIpc) is 2.95. The van der Waals surface area contributed by atoms with E-state index in [0.29, 0.717) is 47.7 Å². The molecule has 7 heteroatoms. The molecule has 1 unspecified atom stereocenters. The summed E-state index contributed by atoms with van der Waals surface area (Å²) < 4.78 is 10.4. The minimum atomic E-state index is -1.95. The van der Waals surface area contributed by atoms with Crippen LogP contribution in [-0.4, -0.2) is 37.6 Å². The van der Waals surface area contributed by atoms with E-state index in [0.717, 1.165) is 0 Å². The van der Waals surface area contributed by atoms with Crippen molar-refractivity contribution in [1.82, 2.24) is 0 Å². The van der Waals surface area contributed by atoms with E-state index in [-0.39, 0.29) is 0 Å². The molecule has 0 saturated heterocycles. The van der Waals surface area contributed by atoms with E-state index in [1.807, 2.05) is 6.07 Å². The van der Waals surface area contributed by atoms with Crippen LogP contribution >= 0.6 is 0 Å². The van der Waals surface area contributed by atoms with Crippen LogP contribution in [0.25, 0.3) is 0 Å². The molecule has 3 rings (SSSR count). The number of hydrogen-bond donors (Lipinski definition) is 1. The summed E-state index contributed by atoms with van der Waals surface area (Å²) >= 11 is 0. The zero-order valence-corrected chi connectivity index (χ0v) is 16.3. The summed E-state index contributed by atoms with van der Waals surface area (Å²) in [4.78, 5) is 27.4. The molecule has 2 aromatic rings. The number of nitriles is 1. The highest BCUT2D eigenvalue weighted by atomic mass is 16.5. The number of Topliss-reactive ketones (excluding diaryl/α,β-unsaturated/α-hetero) is 1. The molecule has 7 nitrogen and oxygen atoms in total. The van der Waals surface area contributed by atoms with Crippen molar-refractivity contribution >= 4 is 17.4 Å². The van der Waals surface area contributed by atoms with Crippen molar-refractivity contribution in [2.45, 2.75) is 24.9 Å². The second-order valence-corrected chi connectivity index (χ2v) is 6.77. The van der Waals surface area contributed by atoms with Gasteiger partial charge in [0, 0.05) is 24.1 Å². The molecule has 0 saturated carbocycles. The fourth-order valence-corrected chi connectivity index (χ4v) is 3.56. The van der Waals surface area contributed by atoms with Gasteiger partial charge in [-0.3, -0.25) is 9.59 Å². The maximum absolute atomic E-state index is 13.1. The van der Waals surface area contributed by atoms with E-state index in [9.17, 15) is 14.7 Å². The number of benzene rings is 2. The van der Waals surface area contributed by atoms with Crippen LogP contribution in [0.15, 0.2) is 42.5 Å². The van der Waals surface area contributed by atoms with Gasteiger partial charge < -0.3 is 19.5 Å². The molecular formula is C22H22N2O5. The van der Waals surface area contributed by atoms with Gasteiger partial charge in [-0.2, -0.15) is 5.26 Å². The largest absolute Gasteiger partial charge is 0.493 e. The Kier molecular flexibility index (Phi) is 5.85. The number of para-hydroxylation sites is 1. The predicted molar refractivity (Wildman–Crippen MR) is 106 cm³/mol. The molecule has 150 valence electrons. The highest BCUT2D eigenvalue weighted by Gasteiger charge is 2.50. The van der Waals surface area contributed by atoms with Gasteiger partial charge in [0.15, 0.2) is 22.9 Å². The first-order chi connectivity index (χ1) is 14.0. The van der Waals surface area contributed by atoms with Crippen LogP contribution in [-0.2, 0) is 10.4 Å². The lowest BCUT2D eigenvalue weighted by Gasteiger charge is -2.22. The molecule has 1 N–H and O–H groups in total. The van der Waals surface area contributed by atoms with E-state index in [2.05, 4.69) is 0 Å². The smallest absolute Gasteiger partial charge is 0.264 e. The second-order valence-electron chi connectivity index (χ2n) is 6.77. The van der Waals surface area contributed by atoms with Gasteiger partial charge >= 0.3 is 0 Å². The first-order valence-electron chi connectivity index (χ1n) is 9.22. The Morgan fingerprint density at radius 1 is 1.17 bits per heavy atom. The lowest BCUT2D eigenvalue weighted by atomic mass is 9.88. The number of nitrogens with zero attached hydrogens (tertiary/aromatic N) is 2. The van der Waals surface area contributed by atoms with Crippen molar-refractivity contribution in [3.8, 4) is 17.6 Å². The Balaban J connectivity index is 1.90. The van der Waals surface area contributed by atoms with Crippen LogP contribution in [0.5, 0.6) is 11.5 Å². The van der Waals surface area contributed by atoms with Gasteiger partial charge in [0.25, 0.3) is 5.91 Å². The quantitative estimate of drug-likeness (QED) is 0.546. The number of anilines is 1. The molecule has 0 aliphatic carbocycles. The van der Waals surface area contributed by atoms with Gasteiger partial charge in [0.1, 0.15) is 0 Å².